The van der Waals surface area contributed by atoms with E-state index in [9.17, 15) is 13.6 Å². The number of carbonyl (C=O) groups excluding carboxylic acids is 1. The zero-order valence-electron chi connectivity index (χ0n) is 18.2. The SMILES string of the molecule is CC(C)c1ncc(C(=O)Nc2c(-c3cc(F)ccc3P)ncnc2N2CCC(F)(P)C2)cn1. The Balaban J connectivity index is 1.78. The van der Waals surface area contributed by atoms with Gasteiger partial charge in [-0.2, -0.15) is 0 Å². The molecule has 1 aromatic carbocycles. The lowest BCUT2D eigenvalue weighted by Gasteiger charge is -2.23. The third-order valence-electron chi connectivity index (χ3n) is 5.34. The molecule has 11 heteroatoms. The van der Waals surface area contributed by atoms with Gasteiger partial charge in [-0.15, -0.1) is 9.24 Å². The van der Waals surface area contributed by atoms with Crippen molar-refractivity contribution in [3.63, 3.8) is 0 Å². The van der Waals surface area contributed by atoms with Crippen LogP contribution in [-0.2, 0) is 0 Å². The summed E-state index contributed by atoms with van der Waals surface area (Å²) in [4.78, 5) is 32.0. The molecular weight excluding hydrogens is 464 g/mol. The van der Waals surface area contributed by atoms with E-state index in [0.717, 1.165) is 0 Å². The van der Waals surface area contributed by atoms with Gasteiger partial charge in [0.05, 0.1) is 12.1 Å². The molecule has 0 bridgehead atoms. The van der Waals surface area contributed by atoms with Gasteiger partial charge in [-0.05, 0) is 17.4 Å². The van der Waals surface area contributed by atoms with E-state index in [2.05, 4.69) is 43.7 Å². The van der Waals surface area contributed by atoms with Gasteiger partial charge in [-0.1, -0.05) is 29.2 Å². The van der Waals surface area contributed by atoms with Gasteiger partial charge in [0.2, 0.25) is 0 Å². The van der Waals surface area contributed by atoms with Crippen LogP contribution in [0.3, 0.4) is 0 Å². The van der Waals surface area contributed by atoms with Crippen molar-refractivity contribution in [3.05, 3.63) is 54.1 Å². The van der Waals surface area contributed by atoms with Crippen LogP contribution < -0.4 is 15.5 Å². The Labute approximate surface area is 195 Å². The first-order valence-corrected chi connectivity index (χ1v) is 11.6. The number of rotatable bonds is 5. The van der Waals surface area contributed by atoms with Crippen LogP contribution in [0.1, 0.15) is 42.4 Å². The van der Waals surface area contributed by atoms with Crippen molar-refractivity contribution in [2.75, 3.05) is 23.3 Å². The zero-order valence-corrected chi connectivity index (χ0v) is 20.5. The molecule has 2 aromatic heterocycles. The molecule has 7 nitrogen and oxygen atoms in total. The number of nitrogens with one attached hydrogen (secondary N) is 1. The molecule has 3 atom stereocenters. The molecule has 1 fully saturated rings. The van der Waals surface area contributed by atoms with Crippen LogP contribution in [0.15, 0.2) is 36.9 Å². The molecular formula is C22H24F2N6OP2. The Kier molecular flexibility index (Phi) is 6.64. The molecule has 0 spiro atoms. The number of alkyl halides is 1. The minimum atomic E-state index is -1.46. The summed E-state index contributed by atoms with van der Waals surface area (Å²) in [6, 6.07) is 4.28. The Bertz CT molecular complexity index is 1190. The predicted molar refractivity (Wildman–Crippen MR) is 131 cm³/mol. The summed E-state index contributed by atoms with van der Waals surface area (Å²) >= 11 is 0. The smallest absolute Gasteiger partial charge is 0.258 e. The number of carbonyl (C=O) groups is 1. The number of benzene rings is 1. The van der Waals surface area contributed by atoms with Crippen molar-refractivity contribution in [1.29, 1.82) is 0 Å². The molecule has 1 saturated heterocycles. The van der Waals surface area contributed by atoms with Crippen LogP contribution in [0, 0.1) is 5.82 Å². The third-order valence-corrected chi connectivity index (χ3v) is 6.31. The number of aromatic nitrogens is 4. The van der Waals surface area contributed by atoms with Gasteiger partial charge in [-0.25, -0.2) is 28.7 Å². The summed E-state index contributed by atoms with van der Waals surface area (Å²) in [7, 11) is 4.76. The highest BCUT2D eigenvalue weighted by atomic mass is 31.0. The quantitative estimate of drug-likeness (QED) is 0.552. The average molecular weight is 488 g/mol. The number of halogens is 2. The van der Waals surface area contributed by atoms with Gasteiger partial charge in [0, 0.05) is 36.8 Å². The van der Waals surface area contributed by atoms with Crippen LogP contribution in [0.25, 0.3) is 11.3 Å². The fourth-order valence-electron chi connectivity index (χ4n) is 3.59. The molecule has 4 rings (SSSR count). The first-order valence-electron chi connectivity index (χ1n) is 10.4. The molecule has 1 aliphatic heterocycles. The number of hydrogen-bond donors (Lipinski definition) is 1. The third kappa shape index (κ3) is 5.15. The summed E-state index contributed by atoms with van der Waals surface area (Å²) in [5.41, 5.74) is 1.32. The van der Waals surface area contributed by atoms with E-state index in [1.165, 1.54) is 30.9 Å². The van der Waals surface area contributed by atoms with Crippen molar-refractivity contribution >= 4 is 41.2 Å². The maximum Gasteiger partial charge on any atom is 0.258 e. The standard InChI is InChI=1S/C22H24F2N6OP2/c1-12(2)19-25-8-13(9-26-19)21(31)29-18-17(15-7-14(23)3-4-16(15)32)27-11-28-20(18)30-6-5-22(24,33)10-30/h3-4,7-9,11-12H,5-6,10,32-33H2,1-2H3,(H,29,31). The summed E-state index contributed by atoms with van der Waals surface area (Å²) < 4.78 is 28.6. The lowest BCUT2D eigenvalue weighted by Crippen LogP contribution is -2.27. The lowest BCUT2D eigenvalue weighted by molar-refractivity contribution is 0.102. The molecule has 1 amide bonds. The van der Waals surface area contributed by atoms with Crippen LogP contribution >= 0.6 is 18.5 Å². The highest BCUT2D eigenvalue weighted by Gasteiger charge is 2.36. The monoisotopic (exact) mass is 488 g/mol. The van der Waals surface area contributed by atoms with Crippen LogP contribution in [0.4, 0.5) is 20.3 Å². The summed E-state index contributed by atoms with van der Waals surface area (Å²) in [6.07, 6.45) is 4.53. The molecule has 1 N–H and O–H groups in total. The topological polar surface area (TPSA) is 83.9 Å². The maximum atomic E-state index is 14.6. The normalized spacial score (nSPS) is 18.1. The number of nitrogens with zero attached hydrogens (tertiary/aromatic N) is 5. The van der Waals surface area contributed by atoms with E-state index < -0.39 is 17.1 Å². The van der Waals surface area contributed by atoms with E-state index in [4.69, 9.17) is 0 Å². The molecule has 3 unspecified atom stereocenters. The van der Waals surface area contributed by atoms with Gasteiger partial charge in [0.15, 0.2) is 5.82 Å². The summed E-state index contributed by atoms with van der Waals surface area (Å²) in [5, 5.41) is 2.07. The zero-order chi connectivity index (χ0) is 23.8. The average Bonchev–Trinajstić information content (AvgIpc) is 3.15. The van der Waals surface area contributed by atoms with Crippen molar-refractivity contribution in [2.45, 2.75) is 31.6 Å². The van der Waals surface area contributed by atoms with Gasteiger partial charge in [0.1, 0.15) is 34.8 Å². The predicted octanol–water partition coefficient (Wildman–Crippen LogP) is 3.70. The molecule has 0 radical (unpaired) electrons. The van der Waals surface area contributed by atoms with Crippen molar-refractivity contribution in [1.82, 2.24) is 19.9 Å². The van der Waals surface area contributed by atoms with Gasteiger partial charge in [0.25, 0.3) is 5.91 Å². The fraction of sp³-hybridized carbons (Fsp3) is 0.318. The number of amides is 1. The highest BCUT2D eigenvalue weighted by molar-refractivity contribution is 7.28. The molecule has 172 valence electrons. The number of hydrogen-bond acceptors (Lipinski definition) is 6. The minimum absolute atomic E-state index is 0.0834. The second-order valence-electron chi connectivity index (χ2n) is 8.30. The Morgan fingerprint density at radius 3 is 2.58 bits per heavy atom. The number of anilines is 2. The largest absolute Gasteiger partial charge is 0.351 e. The minimum Gasteiger partial charge on any atom is -0.351 e. The molecule has 3 heterocycles. The fourth-order valence-corrected chi connectivity index (χ4v) is 4.25. The van der Waals surface area contributed by atoms with Crippen LogP contribution in [0.2, 0.25) is 0 Å². The second kappa shape index (κ2) is 9.32. The van der Waals surface area contributed by atoms with E-state index in [-0.39, 0.29) is 23.7 Å². The first kappa shape index (κ1) is 23.5. The van der Waals surface area contributed by atoms with Crippen molar-refractivity contribution < 1.29 is 13.6 Å². The molecule has 1 aliphatic rings. The maximum absolute atomic E-state index is 14.6. The van der Waals surface area contributed by atoms with Gasteiger partial charge >= 0.3 is 0 Å². The van der Waals surface area contributed by atoms with Gasteiger partial charge in [-0.3, -0.25) is 4.79 Å². The van der Waals surface area contributed by atoms with E-state index in [1.54, 1.807) is 11.0 Å². The molecule has 0 aliphatic carbocycles. The first-order chi connectivity index (χ1) is 15.6. The lowest BCUT2D eigenvalue weighted by atomic mass is 10.1. The van der Waals surface area contributed by atoms with Gasteiger partial charge < -0.3 is 10.2 Å². The van der Waals surface area contributed by atoms with E-state index in [0.29, 0.717) is 41.2 Å². The Hall–Kier alpha value is -2.63. The van der Waals surface area contributed by atoms with Crippen molar-refractivity contribution in [2.24, 2.45) is 0 Å². The van der Waals surface area contributed by atoms with Crippen molar-refractivity contribution in [3.8, 4) is 11.3 Å². The molecule has 3 aromatic rings. The van der Waals surface area contributed by atoms with Crippen LogP contribution in [-0.4, -0.2) is 44.3 Å². The Morgan fingerprint density at radius 2 is 1.94 bits per heavy atom. The van der Waals surface area contributed by atoms with E-state index >= 15 is 0 Å². The summed E-state index contributed by atoms with van der Waals surface area (Å²) in [5.74, 6) is 0.198. The Morgan fingerprint density at radius 1 is 1.21 bits per heavy atom. The second-order valence-corrected chi connectivity index (χ2v) is 9.95. The highest BCUT2D eigenvalue weighted by Crippen LogP contribution is 2.39. The molecule has 0 saturated carbocycles. The summed E-state index contributed by atoms with van der Waals surface area (Å²) in [6.45, 7) is 4.41. The molecule has 33 heavy (non-hydrogen) atoms. The van der Waals surface area contributed by atoms with Crippen LogP contribution in [0.5, 0.6) is 0 Å². The van der Waals surface area contributed by atoms with E-state index in [1.807, 2.05) is 13.8 Å².